The molecule has 0 aliphatic rings. The number of aromatic nitrogens is 2. The number of nitrogen functional groups attached to an aromatic ring is 1. The van der Waals surface area contributed by atoms with Crippen molar-refractivity contribution < 1.29 is 18.3 Å². The lowest BCUT2D eigenvalue weighted by molar-refractivity contribution is 0.0451. The van der Waals surface area contributed by atoms with E-state index in [2.05, 4.69) is 9.97 Å². The number of thiophene rings is 1. The van der Waals surface area contributed by atoms with Gasteiger partial charge >= 0.3 is 5.97 Å². The number of ether oxygens (including phenoxy) is 1. The van der Waals surface area contributed by atoms with Gasteiger partial charge in [0.15, 0.2) is 12.4 Å². The molecular weight excluding hydrogens is 336 g/mol. The zero-order valence-electron chi connectivity index (χ0n) is 12.9. The second-order valence-electron chi connectivity index (χ2n) is 5.16. The monoisotopic (exact) mass is 349 g/mol. The van der Waals surface area contributed by atoms with Crippen molar-refractivity contribution in [2.75, 3.05) is 5.73 Å². The van der Waals surface area contributed by atoms with Crippen LogP contribution in [0.3, 0.4) is 0 Å². The third kappa shape index (κ3) is 2.80. The number of carbonyl (C=O) groups is 1. The number of fused-ring (bicyclic) bond motifs is 1. The molecule has 0 amide bonds. The van der Waals surface area contributed by atoms with Crippen LogP contribution in [0.5, 0.6) is 0 Å². The van der Waals surface area contributed by atoms with E-state index in [1.807, 2.05) is 13.8 Å². The minimum Gasteiger partial charge on any atom is -0.454 e. The summed E-state index contributed by atoms with van der Waals surface area (Å²) < 4.78 is 32.0. The third-order valence-electron chi connectivity index (χ3n) is 3.60. The molecule has 2 N–H and O–H groups in total. The highest BCUT2D eigenvalue weighted by molar-refractivity contribution is 7.18. The molecule has 3 rings (SSSR count). The Hall–Kier alpha value is -2.61. The maximum atomic E-state index is 13.6. The van der Waals surface area contributed by atoms with E-state index in [-0.39, 0.29) is 18.2 Å². The summed E-state index contributed by atoms with van der Waals surface area (Å²) >= 11 is 1.45. The lowest BCUT2D eigenvalue weighted by Gasteiger charge is -2.07. The van der Waals surface area contributed by atoms with Gasteiger partial charge in [0, 0.05) is 4.88 Å². The molecule has 2 heterocycles. The predicted octanol–water partition coefficient (Wildman–Crippen LogP) is 3.53. The second kappa shape index (κ2) is 6.12. The van der Waals surface area contributed by atoms with Crippen LogP contribution in [-0.2, 0) is 11.3 Å². The van der Waals surface area contributed by atoms with E-state index >= 15 is 0 Å². The number of nitrogens with zero attached hydrogens (tertiary/aromatic N) is 2. The highest BCUT2D eigenvalue weighted by Gasteiger charge is 2.19. The second-order valence-corrected chi connectivity index (χ2v) is 6.36. The molecule has 0 aliphatic heterocycles. The molecule has 0 fully saturated rings. The van der Waals surface area contributed by atoms with E-state index in [1.54, 1.807) is 0 Å². The highest BCUT2D eigenvalue weighted by atomic mass is 32.1. The molecule has 24 heavy (non-hydrogen) atoms. The zero-order chi connectivity index (χ0) is 17.4. The molecule has 0 atom stereocenters. The number of anilines is 1. The standard InChI is InChI=1S/C16H13F2N3O2S/c1-7-8(2)24-15-12(7)14(19)20-11(21-15)6-23-16(22)13-9(17)4-3-5-10(13)18/h3-5H,6H2,1-2H3,(H2,19,20,21). The molecular formula is C16H13F2N3O2S. The first-order chi connectivity index (χ1) is 11.4. The summed E-state index contributed by atoms with van der Waals surface area (Å²) in [4.78, 5) is 22.0. The van der Waals surface area contributed by atoms with Crippen molar-refractivity contribution in [1.82, 2.24) is 9.97 Å². The molecule has 0 radical (unpaired) electrons. The number of esters is 1. The summed E-state index contributed by atoms with van der Waals surface area (Å²) in [5, 5.41) is 0.771. The number of carbonyl (C=O) groups excluding carboxylic acids is 1. The Morgan fingerprint density at radius 3 is 2.58 bits per heavy atom. The van der Waals surface area contributed by atoms with Crippen LogP contribution in [0.25, 0.3) is 10.2 Å². The fraction of sp³-hybridized carbons (Fsp3) is 0.188. The van der Waals surface area contributed by atoms with Gasteiger partial charge in [-0.25, -0.2) is 23.5 Å². The van der Waals surface area contributed by atoms with Crippen molar-refractivity contribution in [1.29, 1.82) is 0 Å². The maximum absolute atomic E-state index is 13.6. The molecule has 0 unspecified atom stereocenters. The molecule has 124 valence electrons. The minimum absolute atomic E-state index is 0.173. The normalized spacial score (nSPS) is 11.0. The number of nitrogens with two attached hydrogens (primary N) is 1. The van der Waals surface area contributed by atoms with Crippen molar-refractivity contribution in [2.45, 2.75) is 20.5 Å². The Morgan fingerprint density at radius 2 is 1.92 bits per heavy atom. The number of aryl methyl sites for hydroxylation is 2. The molecule has 1 aromatic carbocycles. The molecule has 3 aromatic rings. The van der Waals surface area contributed by atoms with E-state index in [4.69, 9.17) is 10.5 Å². The van der Waals surface area contributed by atoms with Crippen LogP contribution in [0, 0.1) is 25.5 Å². The van der Waals surface area contributed by atoms with Crippen LogP contribution < -0.4 is 5.73 Å². The summed E-state index contributed by atoms with van der Waals surface area (Å²) in [6.07, 6.45) is 0. The summed E-state index contributed by atoms with van der Waals surface area (Å²) in [6.45, 7) is 3.54. The summed E-state index contributed by atoms with van der Waals surface area (Å²) in [7, 11) is 0. The number of hydrogen-bond donors (Lipinski definition) is 1. The number of halogens is 2. The van der Waals surface area contributed by atoms with Crippen LogP contribution in [0.1, 0.15) is 26.6 Å². The lowest BCUT2D eigenvalue weighted by atomic mass is 10.2. The zero-order valence-corrected chi connectivity index (χ0v) is 13.7. The molecule has 0 aliphatic carbocycles. The quantitative estimate of drug-likeness (QED) is 0.732. The molecule has 0 spiro atoms. The molecule has 5 nitrogen and oxygen atoms in total. The summed E-state index contributed by atoms with van der Waals surface area (Å²) in [5.74, 6) is -2.64. The molecule has 2 aromatic heterocycles. The van der Waals surface area contributed by atoms with Crippen molar-refractivity contribution in [3.05, 3.63) is 51.7 Å². The van der Waals surface area contributed by atoms with Gasteiger partial charge in [0.25, 0.3) is 0 Å². The van der Waals surface area contributed by atoms with Crippen molar-refractivity contribution >= 4 is 33.3 Å². The van der Waals surface area contributed by atoms with Crippen molar-refractivity contribution in [2.24, 2.45) is 0 Å². The van der Waals surface area contributed by atoms with Gasteiger partial charge in [0.2, 0.25) is 0 Å². The van der Waals surface area contributed by atoms with Gasteiger partial charge in [-0.1, -0.05) is 6.07 Å². The molecule has 0 saturated carbocycles. The van der Waals surface area contributed by atoms with Crippen molar-refractivity contribution in [3.8, 4) is 0 Å². The predicted molar refractivity (Wildman–Crippen MR) is 86.8 cm³/mol. The van der Waals surface area contributed by atoms with E-state index < -0.39 is 23.2 Å². The fourth-order valence-corrected chi connectivity index (χ4v) is 3.34. The fourth-order valence-electron chi connectivity index (χ4n) is 2.29. The Bertz CT molecular complexity index is 936. The number of benzene rings is 1. The van der Waals surface area contributed by atoms with Gasteiger partial charge in [-0.2, -0.15) is 0 Å². The molecule has 0 bridgehead atoms. The first-order valence-corrected chi connectivity index (χ1v) is 7.83. The van der Waals surface area contributed by atoms with E-state index in [9.17, 15) is 13.6 Å². The smallest absolute Gasteiger partial charge is 0.344 e. The van der Waals surface area contributed by atoms with E-state index in [1.165, 1.54) is 17.4 Å². The van der Waals surface area contributed by atoms with Crippen LogP contribution >= 0.6 is 11.3 Å². The highest BCUT2D eigenvalue weighted by Crippen LogP contribution is 2.31. The SMILES string of the molecule is Cc1sc2nc(COC(=O)c3c(F)cccc3F)nc(N)c2c1C. The van der Waals surface area contributed by atoms with Gasteiger partial charge in [-0.3, -0.25) is 0 Å². The van der Waals surface area contributed by atoms with Crippen LogP contribution in [0.4, 0.5) is 14.6 Å². The van der Waals surface area contributed by atoms with Gasteiger partial charge in [-0.15, -0.1) is 11.3 Å². The Morgan fingerprint density at radius 1 is 1.25 bits per heavy atom. The number of hydrogen-bond acceptors (Lipinski definition) is 6. The first kappa shape index (κ1) is 16.3. The van der Waals surface area contributed by atoms with Gasteiger partial charge in [0.1, 0.15) is 27.8 Å². The van der Waals surface area contributed by atoms with Crippen molar-refractivity contribution in [3.63, 3.8) is 0 Å². The topological polar surface area (TPSA) is 78.1 Å². The third-order valence-corrected chi connectivity index (χ3v) is 4.70. The average molecular weight is 349 g/mol. The number of rotatable bonds is 3. The van der Waals surface area contributed by atoms with E-state index in [0.717, 1.165) is 28.0 Å². The summed E-state index contributed by atoms with van der Waals surface area (Å²) in [5.41, 5.74) is 6.19. The largest absolute Gasteiger partial charge is 0.454 e. The average Bonchev–Trinajstić information content (AvgIpc) is 2.80. The lowest BCUT2D eigenvalue weighted by Crippen LogP contribution is -2.12. The maximum Gasteiger partial charge on any atom is 0.344 e. The Balaban J connectivity index is 1.85. The van der Waals surface area contributed by atoms with Crippen LogP contribution in [0.2, 0.25) is 0 Å². The molecule has 0 saturated heterocycles. The van der Waals surface area contributed by atoms with Gasteiger partial charge in [-0.05, 0) is 31.5 Å². The molecule has 8 heteroatoms. The van der Waals surface area contributed by atoms with Crippen LogP contribution in [0.15, 0.2) is 18.2 Å². The minimum atomic E-state index is -1.12. The first-order valence-electron chi connectivity index (χ1n) is 7.01. The van der Waals surface area contributed by atoms with Gasteiger partial charge in [0.05, 0.1) is 5.39 Å². The van der Waals surface area contributed by atoms with Gasteiger partial charge < -0.3 is 10.5 Å². The Labute approximate surface area is 140 Å². The van der Waals surface area contributed by atoms with Crippen LogP contribution in [-0.4, -0.2) is 15.9 Å². The Kier molecular flexibility index (Phi) is 4.15. The summed E-state index contributed by atoms with van der Waals surface area (Å²) in [6, 6.07) is 3.13. The van der Waals surface area contributed by atoms with E-state index in [0.29, 0.717) is 4.83 Å².